The fourth-order valence-electron chi connectivity index (χ4n) is 2.72. The van der Waals surface area contributed by atoms with Gasteiger partial charge in [-0.2, -0.15) is 4.98 Å². The minimum Gasteiger partial charge on any atom is -0.376 e. The quantitative estimate of drug-likeness (QED) is 0.643. The van der Waals surface area contributed by atoms with Crippen LogP contribution in [0.3, 0.4) is 0 Å². The van der Waals surface area contributed by atoms with Crippen molar-refractivity contribution >= 4 is 23.4 Å². The molecule has 10 heteroatoms. The second kappa shape index (κ2) is 7.65. The number of aromatic amines is 1. The summed E-state index contributed by atoms with van der Waals surface area (Å²) in [6.07, 6.45) is 2.04. The van der Waals surface area contributed by atoms with E-state index in [9.17, 15) is 4.79 Å². The molecule has 26 heavy (non-hydrogen) atoms. The summed E-state index contributed by atoms with van der Waals surface area (Å²) in [5.41, 5.74) is 0.583. The Morgan fingerprint density at radius 2 is 2.19 bits per heavy atom. The molecule has 136 valence electrons. The van der Waals surface area contributed by atoms with Crippen molar-refractivity contribution in [2.24, 2.45) is 0 Å². The molecule has 8 nitrogen and oxygen atoms in total. The number of nitrogens with zero attached hydrogens (tertiary/aromatic N) is 4. The molecule has 0 saturated carbocycles. The van der Waals surface area contributed by atoms with Crippen molar-refractivity contribution in [1.82, 2.24) is 24.9 Å². The van der Waals surface area contributed by atoms with Crippen LogP contribution in [0.5, 0.6) is 0 Å². The Kier molecular flexibility index (Phi) is 5.09. The first-order valence-electron chi connectivity index (χ1n) is 8.17. The summed E-state index contributed by atoms with van der Waals surface area (Å²) >= 11 is 7.25. The highest BCUT2D eigenvalue weighted by Crippen LogP contribution is 2.23. The van der Waals surface area contributed by atoms with E-state index in [0.29, 0.717) is 34.2 Å². The number of halogens is 1. The normalized spacial score (nSPS) is 17.0. The molecule has 3 aromatic rings. The molecule has 1 aliphatic heterocycles. The van der Waals surface area contributed by atoms with Gasteiger partial charge in [-0.05, 0) is 37.1 Å². The van der Waals surface area contributed by atoms with E-state index < -0.39 is 0 Å². The zero-order valence-corrected chi connectivity index (χ0v) is 15.3. The van der Waals surface area contributed by atoms with Gasteiger partial charge in [-0.1, -0.05) is 28.5 Å². The van der Waals surface area contributed by atoms with Crippen LogP contribution in [0.25, 0.3) is 11.4 Å². The maximum Gasteiger partial charge on any atom is 0.344 e. The summed E-state index contributed by atoms with van der Waals surface area (Å²) in [5, 5.41) is 11.8. The van der Waals surface area contributed by atoms with E-state index in [1.165, 1.54) is 11.8 Å². The lowest BCUT2D eigenvalue weighted by Gasteiger charge is -2.10. The third kappa shape index (κ3) is 3.84. The van der Waals surface area contributed by atoms with Crippen LogP contribution in [-0.4, -0.2) is 37.6 Å². The Labute approximate surface area is 157 Å². The summed E-state index contributed by atoms with van der Waals surface area (Å²) in [5.74, 6) is 1.37. The third-order valence-corrected chi connectivity index (χ3v) is 5.24. The SMILES string of the molecule is O=c1[nH]nc(SCc2nc(-c3ccc(Cl)cc3)no2)n1C[C@@H]1CCCO1. The molecule has 0 bridgehead atoms. The number of rotatable bonds is 6. The lowest BCUT2D eigenvalue weighted by atomic mass is 10.2. The fourth-order valence-corrected chi connectivity index (χ4v) is 3.64. The summed E-state index contributed by atoms with van der Waals surface area (Å²) in [4.78, 5) is 16.3. The van der Waals surface area contributed by atoms with Crippen LogP contribution in [0.4, 0.5) is 0 Å². The van der Waals surface area contributed by atoms with Crippen molar-refractivity contribution in [2.45, 2.75) is 36.4 Å². The Morgan fingerprint density at radius 1 is 1.35 bits per heavy atom. The van der Waals surface area contributed by atoms with Gasteiger partial charge in [0.2, 0.25) is 11.7 Å². The molecule has 1 saturated heterocycles. The summed E-state index contributed by atoms with van der Waals surface area (Å²) < 4.78 is 12.5. The Balaban J connectivity index is 1.43. The van der Waals surface area contributed by atoms with Gasteiger partial charge in [0.05, 0.1) is 18.4 Å². The third-order valence-electron chi connectivity index (χ3n) is 4.03. The van der Waals surface area contributed by atoms with Crippen LogP contribution in [0.2, 0.25) is 5.02 Å². The number of benzene rings is 1. The van der Waals surface area contributed by atoms with E-state index in [-0.39, 0.29) is 11.8 Å². The Morgan fingerprint density at radius 3 is 2.96 bits per heavy atom. The number of aromatic nitrogens is 5. The van der Waals surface area contributed by atoms with Crippen molar-refractivity contribution in [2.75, 3.05) is 6.61 Å². The standard InChI is InChI=1S/C16H16ClN5O3S/c17-11-5-3-10(4-6-11)14-18-13(25-21-14)9-26-16-20-19-15(23)22(16)8-12-2-1-7-24-12/h3-6,12H,1-2,7-9H2,(H,19,23)/t12-/m0/s1. The van der Waals surface area contributed by atoms with Crippen LogP contribution in [-0.2, 0) is 17.0 Å². The van der Waals surface area contributed by atoms with Crippen LogP contribution in [0.15, 0.2) is 38.7 Å². The Bertz CT molecular complexity index is 930. The van der Waals surface area contributed by atoms with Crippen molar-refractivity contribution in [3.8, 4) is 11.4 Å². The number of hydrogen-bond donors (Lipinski definition) is 1. The van der Waals surface area contributed by atoms with E-state index >= 15 is 0 Å². The first-order valence-corrected chi connectivity index (χ1v) is 9.53. The number of nitrogens with one attached hydrogen (secondary N) is 1. The van der Waals surface area contributed by atoms with E-state index in [1.807, 2.05) is 12.1 Å². The van der Waals surface area contributed by atoms with E-state index in [2.05, 4.69) is 20.3 Å². The highest BCUT2D eigenvalue weighted by Gasteiger charge is 2.20. The summed E-state index contributed by atoms with van der Waals surface area (Å²) in [7, 11) is 0. The maximum absolute atomic E-state index is 12.0. The predicted molar refractivity (Wildman–Crippen MR) is 96.1 cm³/mol. The molecular formula is C16H16ClN5O3S. The number of H-pyrrole nitrogens is 1. The molecule has 1 aromatic carbocycles. The first kappa shape index (κ1) is 17.3. The average molecular weight is 394 g/mol. The molecular weight excluding hydrogens is 378 g/mol. The van der Waals surface area contributed by atoms with Gasteiger partial charge in [-0.3, -0.25) is 4.57 Å². The average Bonchev–Trinajstić information content (AvgIpc) is 3.38. The first-order chi connectivity index (χ1) is 12.7. The molecule has 0 radical (unpaired) electrons. The van der Waals surface area contributed by atoms with Gasteiger partial charge in [-0.15, -0.1) is 5.10 Å². The monoisotopic (exact) mass is 393 g/mol. The zero-order chi connectivity index (χ0) is 17.9. The molecule has 0 unspecified atom stereocenters. The molecule has 1 fully saturated rings. The van der Waals surface area contributed by atoms with Crippen molar-refractivity contribution in [3.63, 3.8) is 0 Å². The highest BCUT2D eigenvalue weighted by atomic mass is 35.5. The molecule has 0 spiro atoms. The van der Waals surface area contributed by atoms with E-state index in [4.69, 9.17) is 20.9 Å². The largest absolute Gasteiger partial charge is 0.376 e. The summed E-state index contributed by atoms with van der Waals surface area (Å²) in [6.45, 7) is 1.24. The molecule has 0 aliphatic carbocycles. The zero-order valence-electron chi connectivity index (χ0n) is 13.7. The second-order valence-electron chi connectivity index (χ2n) is 5.86. The number of hydrogen-bond acceptors (Lipinski definition) is 7. The van der Waals surface area contributed by atoms with Gasteiger partial charge < -0.3 is 9.26 Å². The molecule has 3 heterocycles. The van der Waals surface area contributed by atoms with Gasteiger partial charge in [-0.25, -0.2) is 9.89 Å². The molecule has 2 aromatic heterocycles. The van der Waals surface area contributed by atoms with E-state index in [0.717, 1.165) is 25.0 Å². The van der Waals surface area contributed by atoms with Gasteiger partial charge in [0.25, 0.3) is 0 Å². The van der Waals surface area contributed by atoms with Crippen molar-refractivity contribution in [3.05, 3.63) is 45.7 Å². The van der Waals surface area contributed by atoms with Gasteiger partial charge in [0, 0.05) is 17.2 Å². The lowest BCUT2D eigenvalue weighted by molar-refractivity contribution is 0.0941. The predicted octanol–water partition coefficient (Wildman–Crippen LogP) is 2.75. The number of thioether (sulfide) groups is 1. The highest BCUT2D eigenvalue weighted by molar-refractivity contribution is 7.98. The minimum absolute atomic E-state index is 0.0598. The van der Waals surface area contributed by atoms with Gasteiger partial charge in [0.15, 0.2) is 5.16 Å². The van der Waals surface area contributed by atoms with Gasteiger partial charge in [0.1, 0.15) is 0 Å². The van der Waals surface area contributed by atoms with Crippen LogP contribution in [0.1, 0.15) is 18.7 Å². The van der Waals surface area contributed by atoms with Crippen molar-refractivity contribution in [1.29, 1.82) is 0 Å². The van der Waals surface area contributed by atoms with Gasteiger partial charge >= 0.3 is 5.69 Å². The van der Waals surface area contributed by atoms with E-state index in [1.54, 1.807) is 16.7 Å². The topological polar surface area (TPSA) is 98.8 Å². The fraction of sp³-hybridized carbons (Fsp3) is 0.375. The second-order valence-corrected chi connectivity index (χ2v) is 7.24. The molecule has 1 N–H and O–H groups in total. The van der Waals surface area contributed by atoms with Crippen LogP contribution in [0, 0.1) is 0 Å². The molecule has 1 aliphatic rings. The summed E-state index contributed by atoms with van der Waals surface area (Å²) in [6, 6.07) is 7.21. The van der Waals surface area contributed by atoms with Crippen LogP contribution < -0.4 is 5.69 Å². The van der Waals surface area contributed by atoms with Crippen LogP contribution >= 0.6 is 23.4 Å². The molecule has 4 rings (SSSR count). The lowest BCUT2D eigenvalue weighted by Crippen LogP contribution is -2.24. The smallest absolute Gasteiger partial charge is 0.344 e. The molecule has 0 amide bonds. The minimum atomic E-state index is -0.240. The number of ether oxygens (including phenoxy) is 1. The Hall–Kier alpha value is -2.10. The maximum atomic E-state index is 12.0. The molecule has 1 atom stereocenters. The van der Waals surface area contributed by atoms with Crippen molar-refractivity contribution < 1.29 is 9.26 Å².